The smallest absolute Gasteiger partial charge is 0.273 e. The van der Waals surface area contributed by atoms with Crippen LogP contribution in [0, 0.1) is 22.9 Å². The van der Waals surface area contributed by atoms with E-state index in [4.69, 9.17) is 4.74 Å². The second-order valence-electron chi connectivity index (χ2n) is 9.50. The molecule has 3 aromatic rings. The number of nitrogens with one attached hydrogen (secondary N) is 1. The number of nitro groups is 1. The average molecular weight is 520 g/mol. The third-order valence-electron chi connectivity index (χ3n) is 7.24. The number of nitrogens with zero attached hydrogens (tertiary/aromatic N) is 2. The fourth-order valence-corrected chi connectivity index (χ4v) is 4.84. The van der Waals surface area contributed by atoms with Gasteiger partial charge in [0.1, 0.15) is 11.6 Å². The van der Waals surface area contributed by atoms with Crippen LogP contribution in [0.3, 0.4) is 0 Å². The van der Waals surface area contributed by atoms with Crippen LogP contribution in [-0.4, -0.2) is 41.8 Å². The Labute approximate surface area is 220 Å². The number of benzene rings is 3. The highest BCUT2D eigenvalue weighted by atomic mass is 19.1. The molecule has 0 spiro atoms. The summed E-state index contributed by atoms with van der Waals surface area (Å²) in [6.07, 6.45) is 1.36. The van der Waals surface area contributed by atoms with Crippen LogP contribution in [0.2, 0.25) is 0 Å². The van der Waals surface area contributed by atoms with Gasteiger partial charge in [0.25, 0.3) is 11.6 Å². The van der Waals surface area contributed by atoms with Crippen molar-refractivity contribution >= 4 is 23.2 Å². The van der Waals surface area contributed by atoms with Gasteiger partial charge in [0.15, 0.2) is 0 Å². The van der Waals surface area contributed by atoms with E-state index in [1.165, 1.54) is 6.92 Å². The summed E-state index contributed by atoms with van der Waals surface area (Å²) in [5.41, 5.74) is 2.22. The number of methoxy groups -OCH3 is 1. The number of rotatable bonds is 7. The Morgan fingerprint density at radius 3 is 2.26 bits per heavy atom. The van der Waals surface area contributed by atoms with Crippen LogP contribution in [0.25, 0.3) is 0 Å². The first-order chi connectivity index (χ1) is 18.2. The van der Waals surface area contributed by atoms with Crippen molar-refractivity contribution in [1.82, 2.24) is 4.90 Å². The van der Waals surface area contributed by atoms with Crippen molar-refractivity contribution in [2.24, 2.45) is 0 Å². The molecule has 1 aliphatic heterocycles. The van der Waals surface area contributed by atoms with Gasteiger partial charge in [-0.15, -0.1) is 0 Å². The summed E-state index contributed by atoms with van der Waals surface area (Å²) in [7, 11) is 1.60. The maximum atomic E-state index is 14.4. The minimum Gasteiger partial charge on any atom is -0.497 e. The Morgan fingerprint density at radius 2 is 1.68 bits per heavy atom. The summed E-state index contributed by atoms with van der Waals surface area (Å²) >= 11 is 0. The van der Waals surface area contributed by atoms with E-state index < -0.39 is 16.6 Å². The van der Waals surface area contributed by atoms with E-state index in [2.05, 4.69) is 5.32 Å². The normalized spacial score (nSPS) is 14.6. The third-order valence-corrected chi connectivity index (χ3v) is 7.24. The number of anilines is 1. The number of amides is 2. The number of likely N-dealkylation sites (tertiary alicyclic amines) is 1. The largest absolute Gasteiger partial charge is 0.497 e. The standard InChI is InChI=1S/C29H30FN3O5/c1-18(20-6-10-24(38-3)11-7-20)28(34)31-23-8-4-21(5-9-23)22-14-16-32(17-15-22)29(35)27-19(2)26(33(36)37)13-12-25(27)30/h4-13,18,22H,14-17H2,1-3H3,(H,31,34). The maximum Gasteiger partial charge on any atom is 0.273 e. The van der Waals surface area contributed by atoms with Crippen molar-refractivity contribution in [2.75, 3.05) is 25.5 Å². The van der Waals surface area contributed by atoms with Crippen LogP contribution in [0.15, 0.2) is 60.7 Å². The summed E-state index contributed by atoms with van der Waals surface area (Å²) in [6, 6.07) is 17.1. The molecule has 1 N–H and O–H groups in total. The molecule has 38 heavy (non-hydrogen) atoms. The molecule has 0 radical (unpaired) electrons. The third kappa shape index (κ3) is 5.66. The molecule has 1 unspecified atom stereocenters. The van der Waals surface area contributed by atoms with Crippen LogP contribution < -0.4 is 10.1 Å². The molecule has 1 aliphatic rings. The summed E-state index contributed by atoms with van der Waals surface area (Å²) in [5, 5.41) is 14.2. The average Bonchev–Trinajstić information content (AvgIpc) is 2.93. The van der Waals surface area contributed by atoms with E-state index in [0.29, 0.717) is 31.6 Å². The van der Waals surface area contributed by atoms with Crippen molar-refractivity contribution in [1.29, 1.82) is 0 Å². The van der Waals surface area contributed by atoms with Gasteiger partial charge in [-0.25, -0.2) is 4.39 Å². The van der Waals surface area contributed by atoms with E-state index in [9.17, 15) is 24.1 Å². The zero-order valence-electron chi connectivity index (χ0n) is 21.6. The first kappa shape index (κ1) is 26.8. The minimum absolute atomic E-state index is 0.0427. The van der Waals surface area contributed by atoms with Crippen LogP contribution in [0.4, 0.5) is 15.8 Å². The second kappa shape index (κ2) is 11.4. The summed E-state index contributed by atoms with van der Waals surface area (Å²) in [6.45, 7) is 4.09. The Kier molecular flexibility index (Phi) is 8.05. The van der Waals surface area contributed by atoms with Crippen molar-refractivity contribution in [3.8, 4) is 5.75 Å². The van der Waals surface area contributed by atoms with Crippen LogP contribution in [-0.2, 0) is 4.79 Å². The molecule has 198 valence electrons. The van der Waals surface area contributed by atoms with Gasteiger partial charge in [0, 0.05) is 30.4 Å². The van der Waals surface area contributed by atoms with Crippen molar-refractivity contribution in [2.45, 2.75) is 38.5 Å². The number of carbonyl (C=O) groups is 2. The molecule has 0 aromatic heterocycles. The van der Waals surface area contributed by atoms with Crippen LogP contribution in [0.1, 0.15) is 58.6 Å². The molecule has 1 saturated heterocycles. The van der Waals surface area contributed by atoms with Gasteiger partial charge in [0.2, 0.25) is 5.91 Å². The van der Waals surface area contributed by atoms with Gasteiger partial charge < -0.3 is 15.0 Å². The molecule has 0 saturated carbocycles. The molecule has 3 aromatic carbocycles. The molecule has 2 amide bonds. The molecule has 0 aliphatic carbocycles. The molecule has 0 bridgehead atoms. The lowest BCUT2D eigenvalue weighted by Crippen LogP contribution is -2.38. The van der Waals surface area contributed by atoms with Gasteiger partial charge in [0.05, 0.1) is 23.5 Å². The predicted octanol–water partition coefficient (Wildman–Crippen LogP) is 5.81. The van der Waals surface area contributed by atoms with Gasteiger partial charge >= 0.3 is 0 Å². The van der Waals surface area contributed by atoms with E-state index >= 15 is 0 Å². The molecule has 4 rings (SSSR count). The minimum atomic E-state index is -0.751. The van der Waals surface area contributed by atoms with Crippen molar-refractivity contribution in [3.63, 3.8) is 0 Å². The molecule has 8 nitrogen and oxygen atoms in total. The lowest BCUT2D eigenvalue weighted by Gasteiger charge is -2.32. The summed E-state index contributed by atoms with van der Waals surface area (Å²) in [4.78, 5) is 37.9. The highest BCUT2D eigenvalue weighted by Gasteiger charge is 2.29. The highest BCUT2D eigenvalue weighted by molar-refractivity contribution is 5.97. The molecule has 1 fully saturated rings. The predicted molar refractivity (Wildman–Crippen MR) is 142 cm³/mol. The molecule has 9 heteroatoms. The van der Waals surface area contributed by atoms with E-state index in [0.717, 1.165) is 29.0 Å². The number of piperidine rings is 1. The lowest BCUT2D eigenvalue weighted by molar-refractivity contribution is -0.385. The number of ether oxygens (including phenoxy) is 1. The summed E-state index contributed by atoms with van der Waals surface area (Å²) in [5.74, 6) is -0.776. The van der Waals surface area contributed by atoms with Gasteiger partial charge in [-0.3, -0.25) is 19.7 Å². The van der Waals surface area contributed by atoms with E-state index in [1.807, 2.05) is 55.5 Å². The summed E-state index contributed by atoms with van der Waals surface area (Å²) < 4.78 is 19.6. The number of hydrogen-bond donors (Lipinski definition) is 1. The highest BCUT2D eigenvalue weighted by Crippen LogP contribution is 2.31. The molecular weight excluding hydrogens is 489 g/mol. The van der Waals surface area contributed by atoms with Crippen molar-refractivity contribution in [3.05, 3.63) is 98.8 Å². The molecule has 1 atom stereocenters. The monoisotopic (exact) mass is 519 g/mol. The number of hydrogen-bond acceptors (Lipinski definition) is 5. The van der Waals surface area contributed by atoms with Gasteiger partial charge in [-0.1, -0.05) is 24.3 Å². The molecule has 1 heterocycles. The number of nitro benzene ring substituents is 1. The lowest BCUT2D eigenvalue weighted by atomic mass is 9.89. The van der Waals surface area contributed by atoms with Gasteiger partial charge in [-0.05, 0) is 74.1 Å². The Balaban J connectivity index is 1.35. The SMILES string of the molecule is COc1ccc(C(C)C(=O)Nc2ccc(C3CCN(C(=O)c4c(F)ccc([N+](=O)[O-])c4C)CC3)cc2)cc1. The number of halogens is 1. The second-order valence-corrected chi connectivity index (χ2v) is 9.50. The Bertz CT molecular complexity index is 1330. The fraction of sp³-hybridized carbons (Fsp3) is 0.310. The van der Waals surface area contributed by atoms with E-state index in [1.54, 1.807) is 12.0 Å². The maximum absolute atomic E-state index is 14.4. The van der Waals surface area contributed by atoms with Crippen molar-refractivity contribution < 1.29 is 23.6 Å². The molecular formula is C29H30FN3O5. The van der Waals surface area contributed by atoms with Crippen LogP contribution in [0.5, 0.6) is 5.75 Å². The van der Waals surface area contributed by atoms with E-state index in [-0.39, 0.29) is 34.6 Å². The Morgan fingerprint density at radius 1 is 1.05 bits per heavy atom. The Hall–Kier alpha value is -4.27. The topological polar surface area (TPSA) is 102 Å². The van der Waals surface area contributed by atoms with Crippen LogP contribution >= 0.6 is 0 Å². The quantitative estimate of drug-likeness (QED) is 0.313. The van der Waals surface area contributed by atoms with Gasteiger partial charge in [-0.2, -0.15) is 0 Å². The fourth-order valence-electron chi connectivity index (χ4n) is 4.84. The first-order valence-electron chi connectivity index (χ1n) is 12.5. The first-order valence-corrected chi connectivity index (χ1v) is 12.5. The number of carbonyl (C=O) groups excluding carboxylic acids is 2. The zero-order chi connectivity index (χ0) is 27.4. The zero-order valence-corrected chi connectivity index (χ0v) is 21.6.